The molecule has 8 heteroatoms. The van der Waals surface area contributed by atoms with Crippen LogP contribution >= 0.6 is 22.3 Å². The van der Waals surface area contributed by atoms with Gasteiger partial charge in [0, 0.05) is 29.3 Å². The van der Waals surface area contributed by atoms with E-state index in [9.17, 15) is 13.2 Å². The van der Waals surface area contributed by atoms with E-state index >= 15 is 0 Å². The van der Waals surface area contributed by atoms with Crippen molar-refractivity contribution in [3.63, 3.8) is 0 Å². The van der Waals surface area contributed by atoms with Gasteiger partial charge in [-0.15, -0.1) is 0 Å². The van der Waals surface area contributed by atoms with Crippen LogP contribution in [0.4, 0.5) is 5.69 Å². The van der Waals surface area contributed by atoms with Crippen molar-refractivity contribution in [1.82, 2.24) is 0 Å². The molecular weight excluding hydrogens is 313 g/mol. The molecule has 0 saturated carbocycles. The van der Waals surface area contributed by atoms with Gasteiger partial charge in [-0.25, -0.2) is 8.42 Å². The Morgan fingerprint density at radius 2 is 2.11 bits per heavy atom. The van der Waals surface area contributed by atoms with Gasteiger partial charge in [0.05, 0.1) is 12.1 Å². The van der Waals surface area contributed by atoms with Crippen molar-refractivity contribution in [2.75, 3.05) is 18.6 Å². The molecule has 0 spiro atoms. The number of amides is 1. The minimum absolute atomic E-state index is 0.0350. The second-order valence-electron chi connectivity index (χ2n) is 4.12. The maximum atomic E-state index is 11.8. The number of rotatable bonds is 3. The van der Waals surface area contributed by atoms with E-state index in [4.69, 9.17) is 27.0 Å². The largest absolute Gasteiger partial charge is 0.495 e. The molecule has 5 nitrogen and oxygen atoms in total. The van der Waals surface area contributed by atoms with Crippen molar-refractivity contribution in [2.24, 2.45) is 0 Å². The van der Waals surface area contributed by atoms with Crippen molar-refractivity contribution < 1.29 is 17.9 Å². The van der Waals surface area contributed by atoms with Crippen LogP contribution in [-0.2, 0) is 13.8 Å². The van der Waals surface area contributed by atoms with Gasteiger partial charge in [-0.3, -0.25) is 4.79 Å². The highest BCUT2D eigenvalue weighted by molar-refractivity contribution is 8.14. The highest BCUT2D eigenvalue weighted by Crippen LogP contribution is 2.32. The van der Waals surface area contributed by atoms with E-state index < -0.39 is 14.3 Å². The van der Waals surface area contributed by atoms with Crippen molar-refractivity contribution in [3.8, 4) is 5.75 Å². The minimum atomic E-state index is -3.75. The number of carbonyl (C=O) groups excluding carboxylic acids is 1. The predicted molar refractivity (Wildman–Crippen MR) is 73.5 cm³/mol. The summed E-state index contributed by atoms with van der Waals surface area (Å²) in [7, 11) is 3.02. The molecule has 1 aliphatic rings. The van der Waals surface area contributed by atoms with Gasteiger partial charge >= 0.3 is 0 Å². The topological polar surface area (TPSA) is 63.7 Å². The summed E-state index contributed by atoms with van der Waals surface area (Å²) in [4.78, 5) is 13.2. The van der Waals surface area contributed by atoms with Crippen LogP contribution in [0.3, 0.4) is 0 Å². The normalized spacial score (nSPS) is 19.8. The number of hydrogen-bond acceptors (Lipinski definition) is 4. The van der Waals surface area contributed by atoms with Gasteiger partial charge in [0.25, 0.3) is 0 Å². The van der Waals surface area contributed by atoms with Crippen LogP contribution in [0.1, 0.15) is 6.42 Å². The number of nitrogens with zero attached hydrogens (tertiary/aromatic N) is 1. The van der Waals surface area contributed by atoms with E-state index in [2.05, 4.69) is 0 Å². The molecular formula is C11H11Cl2NO4S. The van der Waals surface area contributed by atoms with Crippen molar-refractivity contribution >= 4 is 42.9 Å². The van der Waals surface area contributed by atoms with Crippen LogP contribution in [0, 0.1) is 0 Å². The number of halogens is 2. The van der Waals surface area contributed by atoms with Crippen molar-refractivity contribution in [1.29, 1.82) is 0 Å². The number of anilines is 1. The molecule has 1 unspecified atom stereocenters. The third-order valence-electron chi connectivity index (χ3n) is 2.93. The Bertz CT molecular complexity index is 617. The lowest BCUT2D eigenvalue weighted by Gasteiger charge is -2.17. The molecule has 1 atom stereocenters. The molecule has 1 aliphatic heterocycles. The first-order valence-electron chi connectivity index (χ1n) is 5.40. The van der Waals surface area contributed by atoms with Crippen molar-refractivity contribution in [2.45, 2.75) is 11.7 Å². The van der Waals surface area contributed by atoms with E-state index in [0.717, 1.165) is 0 Å². The molecule has 0 aromatic heterocycles. The van der Waals surface area contributed by atoms with E-state index in [-0.39, 0.29) is 18.9 Å². The smallest absolute Gasteiger partial charge is 0.237 e. The third-order valence-corrected chi connectivity index (χ3v) is 5.10. The predicted octanol–water partition coefficient (Wildman–Crippen LogP) is 2.02. The summed E-state index contributed by atoms with van der Waals surface area (Å²) in [6, 6.07) is 4.82. The van der Waals surface area contributed by atoms with Crippen LogP contribution in [0.5, 0.6) is 5.75 Å². The summed E-state index contributed by atoms with van der Waals surface area (Å²) >= 11 is 5.97. The van der Waals surface area contributed by atoms with E-state index in [1.165, 1.54) is 12.0 Å². The molecule has 104 valence electrons. The van der Waals surface area contributed by atoms with Crippen LogP contribution < -0.4 is 9.64 Å². The first kappa shape index (κ1) is 14.4. The number of carbonyl (C=O) groups is 1. The monoisotopic (exact) mass is 323 g/mol. The van der Waals surface area contributed by atoms with Crippen molar-refractivity contribution in [3.05, 3.63) is 23.2 Å². The molecule has 0 aliphatic carbocycles. The zero-order chi connectivity index (χ0) is 14.2. The second kappa shape index (κ2) is 5.19. The average Bonchev–Trinajstić information content (AvgIpc) is 2.71. The zero-order valence-electron chi connectivity index (χ0n) is 9.97. The molecule has 1 aromatic carbocycles. The lowest BCUT2D eigenvalue weighted by Crippen LogP contribution is -2.26. The maximum Gasteiger partial charge on any atom is 0.237 e. The Morgan fingerprint density at radius 1 is 1.42 bits per heavy atom. The minimum Gasteiger partial charge on any atom is -0.495 e. The zero-order valence-corrected chi connectivity index (χ0v) is 12.3. The van der Waals surface area contributed by atoms with Crippen LogP contribution in [0.15, 0.2) is 18.2 Å². The van der Waals surface area contributed by atoms with Crippen LogP contribution in [0.25, 0.3) is 0 Å². The standard InChI is InChI=1S/C11H11Cl2NO4S/c1-18-10-3-2-7(4-9(10)12)14-6-8(5-11(14)15)19(13,16)17/h2-4,8H,5-6H2,1H3. The van der Waals surface area contributed by atoms with Gasteiger partial charge in [-0.05, 0) is 18.2 Å². The highest BCUT2D eigenvalue weighted by Gasteiger charge is 2.38. The van der Waals surface area contributed by atoms with E-state index in [1.807, 2.05) is 0 Å². The molecule has 1 amide bonds. The third kappa shape index (κ3) is 2.96. The number of methoxy groups -OCH3 is 1. The summed E-state index contributed by atoms with van der Waals surface area (Å²) in [6.07, 6.45) is -0.116. The quantitative estimate of drug-likeness (QED) is 0.798. The fourth-order valence-electron chi connectivity index (χ4n) is 1.94. The summed E-state index contributed by atoms with van der Waals surface area (Å²) in [5.41, 5.74) is 0.526. The van der Waals surface area contributed by atoms with Gasteiger partial charge in [-0.2, -0.15) is 0 Å². The Morgan fingerprint density at radius 3 is 2.58 bits per heavy atom. The van der Waals surface area contributed by atoms with Gasteiger partial charge in [-0.1, -0.05) is 11.6 Å². The van der Waals surface area contributed by atoms with Gasteiger partial charge in [0.15, 0.2) is 0 Å². The summed E-state index contributed by atoms with van der Waals surface area (Å²) in [5.74, 6) is 0.189. The molecule has 2 rings (SSSR count). The number of hydrogen-bond donors (Lipinski definition) is 0. The summed E-state index contributed by atoms with van der Waals surface area (Å²) in [6.45, 7) is 0.0350. The second-order valence-corrected chi connectivity index (χ2v) is 7.44. The Balaban J connectivity index is 2.28. The first-order chi connectivity index (χ1) is 8.82. The van der Waals surface area contributed by atoms with E-state index in [0.29, 0.717) is 16.5 Å². The molecule has 19 heavy (non-hydrogen) atoms. The van der Waals surface area contributed by atoms with Crippen LogP contribution in [0.2, 0.25) is 5.02 Å². The highest BCUT2D eigenvalue weighted by atomic mass is 35.7. The first-order valence-corrected chi connectivity index (χ1v) is 8.15. The molecule has 1 fully saturated rings. The molecule has 0 bridgehead atoms. The summed E-state index contributed by atoms with van der Waals surface area (Å²) in [5, 5.41) is -0.535. The Labute approximate surface area is 120 Å². The lowest BCUT2D eigenvalue weighted by molar-refractivity contribution is -0.117. The average molecular weight is 324 g/mol. The van der Waals surface area contributed by atoms with Gasteiger partial charge in [0.1, 0.15) is 11.0 Å². The Hall–Kier alpha value is -0.980. The maximum absolute atomic E-state index is 11.8. The number of benzene rings is 1. The molecule has 0 radical (unpaired) electrons. The fourth-order valence-corrected chi connectivity index (χ4v) is 3.21. The molecule has 0 N–H and O–H groups in total. The van der Waals surface area contributed by atoms with Crippen LogP contribution in [-0.4, -0.2) is 33.2 Å². The van der Waals surface area contributed by atoms with E-state index in [1.54, 1.807) is 18.2 Å². The molecule has 1 saturated heterocycles. The fraction of sp³-hybridized carbons (Fsp3) is 0.364. The molecule has 1 aromatic rings. The Kier molecular flexibility index (Phi) is 3.94. The SMILES string of the molecule is COc1ccc(N2CC(S(=O)(=O)Cl)CC2=O)cc1Cl. The molecule has 1 heterocycles. The summed E-state index contributed by atoms with van der Waals surface area (Å²) < 4.78 is 27.5. The van der Waals surface area contributed by atoms with Gasteiger partial charge in [0.2, 0.25) is 15.0 Å². The number of ether oxygens (including phenoxy) is 1. The lowest BCUT2D eigenvalue weighted by atomic mass is 10.3. The van der Waals surface area contributed by atoms with Gasteiger partial charge < -0.3 is 9.64 Å².